The Bertz CT molecular complexity index is 1010. The number of carbonyl (C=O) groups is 3. The van der Waals surface area contributed by atoms with Crippen molar-refractivity contribution in [2.24, 2.45) is 16.5 Å². The van der Waals surface area contributed by atoms with Gasteiger partial charge in [-0.3, -0.25) is 14.5 Å². The van der Waals surface area contributed by atoms with E-state index in [4.69, 9.17) is 20.9 Å². The summed E-state index contributed by atoms with van der Waals surface area (Å²) in [5.41, 5.74) is 12.0. The van der Waals surface area contributed by atoms with Crippen LogP contribution in [-0.4, -0.2) is 72.9 Å². The highest BCUT2D eigenvalue weighted by molar-refractivity contribution is 5.95. The van der Waals surface area contributed by atoms with E-state index in [0.29, 0.717) is 55.3 Å². The van der Waals surface area contributed by atoms with Crippen LogP contribution < -0.4 is 16.2 Å². The topological polar surface area (TPSA) is 141 Å². The highest BCUT2D eigenvalue weighted by Crippen LogP contribution is 2.18. The Balaban J connectivity index is 1.52. The number of nitrogens with two attached hydrogens (primary N) is 2. The van der Waals surface area contributed by atoms with Gasteiger partial charge in [0.15, 0.2) is 5.96 Å². The molecule has 1 aliphatic rings. The first-order chi connectivity index (χ1) is 15.9. The van der Waals surface area contributed by atoms with Crippen molar-refractivity contribution in [1.82, 2.24) is 9.80 Å². The van der Waals surface area contributed by atoms with E-state index in [9.17, 15) is 14.4 Å². The second-order valence-electron chi connectivity index (χ2n) is 7.37. The number of hydrogen-bond acceptors (Lipinski definition) is 7. The number of nitrogens with zero attached hydrogens (tertiary/aromatic N) is 3. The van der Waals surface area contributed by atoms with Crippen LogP contribution in [0.4, 0.5) is 5.69 Å². The third-order valence-electron chi connectivity index (χ3n) is 4.99. The van der Waals surface area contributed by atoms with Gasteiger partial charge in [-0.15, -0.1) is 0 Å². The summed E-state index contributed by atoms with van der Waals surface area (Å²) in [5, 5.41) is 0. The number of amides is 1. The van der Waals surface area contributed by atoms with Crippen molar-refractivity contribution in [3.05, 3.63) is 59.7 Å². The summed E-state index contributed by atoms with van der Waals surface area (Å²) in [6.45, 7) is 4.59. The Morgan fingerprint density at radius 1 is 0.909 bits per heavy atom. The number of hydrogen-bond donors (Lipinski definition) is 2. The number of guanidine groups is 1. The first-order valence-electron chi connectivity index (χ1n) is 10.5. The van der Waals surface area contributed by atoms with E-state index in [1.807, 2.05) is 4.90 Å². The molecule has 0 unspecified atom stereocenters. The number of esters is 2. The van der Waals surface area contributed by atoms with Crippen molar-refractivity contribution in [1.29, 1.82) is 0 Å². The molecule has 0 radical (unpaired) electrons. The minimum atomic E-state index is -0.539. The molecular formula is C23H27N5O5. The van der Waals surface area contributed by atoms with Gasteiger partial charge in [0.2, 0.25) is 0 Å². The standard InChI is InChI=1S/C23H27N5O5/c1-2-32-20(29)15-27-11-13-28(14-12-27)21(30)16-5-9-19(10-6-16)33-22(31)17-3-7-18(8-4-17)26-23(24)25/h3-10H,2,11-15H2,1H3,(H4,24,25,26). The van der Waals surface area contributed by atoms with E-state index >= 15 is 0 Å². The van der Waals surface area contributed by atoms with Gasteiger partial charge in [0.1, 0.15) is 5.75 Å². The quantitative estimate of drug-likeness (QED) is 0.275. The molecule has 0 aliphatic carbocycles. The van der Waals surface area contributed by atoms with Gasteiger partial charge in [-0.1, -0.05) is 0 Å². The minimum Gasteiger partial charge on any atom is -0.465 e. The van der Waals surface area contributed by atoms with Crippen LogP contribution in [0.5, 0.6) is 5.75 Å². The first kappa shape index (κ1) is 23.7. The number of carbonyl (C=O) groups excluding carboxylic acids is 3. The molecule has 0 aromatic heterocycles. The SMILES string of the molecule is CCOC(=O)CN1CCN(C(=O)c2ccc(OC(=O)c3ccc(N=C(N)N)cc3)cc2)CC1. The molecule has 1 fully saturated rings. The van der Waals surface area contributed by atoms with Gasteiger partial charge in [-0.2, -0.15) is 0 Å². The number of rotatable bonds is 7. The third kappa shape index (κ3) is 6.78. The Hall–Kier alpha value is -3.92. The fourth-order valence-corrected chi connectivity index (χ4v) is 3.33. The van der Waals surface area contributed by atoms with Crippen LogP contribution in [0.1, 0.15) is 27.6 Å². The Morgan fingerprint density at radius 3 is 2.09 bits per heavy atom. The van der Waals surface area contributed by atoms with E-state index in [0.717, 1.165) is 0 Å². The van der Waals surface area contributed by atoms with Crippen LogP contribution in [-0.2, 0) is 9.53 Å². The Kier molecular flexibility index (Phi) is 7.98. The molecule has 1 aliphatic heterocycles. The molecule has 0 atom stereocenters. The molecule has 0 bridgehead atoms. The molecule has 10 heteroatoms. The summed E-state index contributed by atoms with van der Waals surface area (Å²) in [7, 11) is 0. The third-order valence-corrected chi connectivity index (χ3v) is 4.99. The van der Waals surface area contributed by atoms with Gasteiger partial charge in [0.05, 0.1) is 24.4 Å². The van der Waals surface area contributed by atoms with Crippen molar-refractivity contribution in [2.45, 2.75) is 6.92 Å². The second-order valence-corrected chi connectivity index (χ2v) is 7.37. The normalized spacial score (nSPS) is 13.8. The summed E-state index contributed by atoms with van der Waals surface area (Å²) < 4.78 is 10.3. The van der Waals surface area contributed by atoms with Gasteiger partial charge in [-0.05, 0) is 55.5 Å². The lowest BCUT2D eigenvalue weighted by Crippen LogP contribution is -2.50. The second kappa shape index (κ2) is 11.1. The van der Waals surface area contributed by atoms with Crippen LogP contribution in [0.25, 0.3) is 0 Å². The van der Waals surface area contributed by atoms with Crippen LogP contribution >= 0.6 is 0 Å². The summed E-state index contributed by atoms with van der Waals surface area (Å²) >= 11 is 0. The van der Waals surface area contributed by atoms with Crippen molar-refractivity contribution in [3.63, 3.8) is 0 Å². The summed E-state index contributed by atoms with van der Waals surface area (Å²) in [5.74, 6) is -0.656. The fourth-order valence-electron chi connectivity index (χ4n) is 3.33. The molecule has 1 saturated heterocycles. The fraction of sp³-hybridized carbons (Fsp3) is 0.304. The van der Waals surface area contributed by atoms with Crippen molar-refractivity contribution >= 4 is 29.5 Å². The molecule has 3 rings (SSSR count). The molecule has 1 heterocycles. The van der Waals surface area contributed by atoms with E-state index in [-0.39, 0.29) is 24.4 Å². The molecule has 4 N–H and O–H groups in total. The van der Waals surface area contributed by atoms with Crippen LogP contribution in [0.2, 0.25) is 0 Å². The van der Waals surface area contributed by atoms with Gasteiger partial charge < -0.3 is 25.8 Å². The molecule has 1 amide bonds. The summed E-state index contributed by atoms with van der Waals surface area (Å²) in [4.78, 5) is 44.3. The summed E-state index contributed by atoms with van der Waals surface area (Å²) in [6, 6.07) is 12.7. The van der Waals surface area contributed by atoms with E-state index in [1.165, 1.54) is 0 Å². The lowest BCUT2D eigenvalue weighted by atomic mass is 10.1. The molecule has 2 aromatic rings. The van der Waals surface area contributed by atoms with Gasteiger partial charge in [0.25, 0.3) is 5.91 Å². The maximum Gasteiger partial charge on any atom is 0.343 e. The zero-order valence-electron chi connectivity index (χ0n) is 18.4. The number of benzene rings is 2. The highest BCUT2D eigenvalue weighted by atomic mass is 16.5. The molecular weight excluding hydrogens is 426 g/mol. The molecule has 10 nitrogen and oxygen atoms in total. The first-order valence-corrected chi connectivity index (χ1v) is 10.5. The van der Waals surface area contributed by atoms with Crippen LogP contribution in [0, 0.1) is 0 Å². The maximum absolute atomic E-state index is 12.8. The number of aliphatic imine (C=N–C) groups is 1. The van der Waals surface area contributed by atoms with Crippen molar-refractivity contribution in [3.8, 4) is 5.75 Å². The molecule has 0 spiro atoms. The van der Waals surface area contributed by atoms with Crippen LogP contribution in [0.3, 0.4) is 0 Å². The van der Waals surface area contributed by atoms with E-state index < -0.39 is 5.97 Å². The molecule has 33 heavy (non-hydrogen) atoms. The van der Waals surface area contributed by atoms with Crippen molar-refractivity contribution < 1.29 is 23.9 Å². The van der Waals surface area contributed by atoms with E-state index in [2.05, 4.69) is 4.99 Å². The van der Waals surface area contributed by atoms with Crippen molar-refractivity contribution in [2.75, 3.05) is 39.3 Å². The predicted octanol–water partition coefficient (Wildman–Crippen LogP) is 1.13. The highest BCUT2D eigenvalue weighted by Gasteiger charge is 2.23. The van der Waals surface area contributed by atoms with Gasteiger partial charge >= 0.3 is 11.9 Å². The largest absolute Gasteiger partial charge is 0.465 e. The minimum absolute atomic E-state index is 0.0708. The van der Waals surface area contributed by atoms with Crippen LogP contribution in [0.15, 0.2) is 53.5 Å². The maximum atomic E-state index is 12.8. The predicted molar refractivity (Wildman–Crippen MR) is 122 cm³/mol. The molecule has 174 valence electrons. The molecule has 0 saturated carbocycles. The zero-order valence-corrected chi connectivity index (χ0v) is 18.4. The lowest BCUT2D eigenvalue weighted by molar-refractivity contribution is -0.144. The average Bonchev–Trinajstić information content (AvgIpc) is 2.80. The Labute approximate surface area is 191 Å². The van der Waals surface area contributed by atoms with Gasteiger partial charge in [-0.25, -0.2) is 9.79 Å². The number of piperazine rings is 1. The van der Waals surface area contributed by atoms with Gasteiger partial charge in [0, 0.05) is 31.7 Å². The monoisotopic (exact) mass is 453 g/mol. The Morgan fingerprint density at radius 2 is 1.52 bits per heavy atom. The zero-order chi connectivity index (χ0) is 23.8. The average molecular weight is 453 g/mol. The number of ether oxygens (including phenoxy) is 2. The summed E-state index contributed by atoms with van der Waals surface area (Å²) in [6.07, 6.45) is 0. The molecule has 2 aromatic carbocycles. The van der Waals surface area contributed by atoms with E-state index in [1.54, 1.807) is 60.4 Å². The lowest BCUT2D eigenvalue weighted by Gasteiger charge is -2.34. The smallest absolute Gasteiger partial charge is 0.343 e.